The largest absolute Gasteiger partial charge is 0.462 e. The second-order valence-corrected chi connectivity index (χ2v) is 3.84. The van der Waals surface area contributed by atoms with Crippen LogP contribution in [0.5, 0.6) is 0 Å². The van der Waals surface area contributed by atoms with Crippen LogP contribution in [0.25, 0.3) is 0 Å². The van der Waals surface area contributed by atoms with Crippen molar-refractivity contribution in [1.82, 2.24) is 0 Å². The molecule has 0 radical (unpaired) electrons. The molecule has 0 aliphatic rings. The van der Waals surface area contributed by atoms with Crippen LogP contribution in [0.2, 0.25) is 0 Å². The topological polar surface area (TPSA) is 26.3 Å². The van der Waals surface area contributed by atoms with Crippen LogP contribution in [0.1, 0.15) is 24.2 Å². The summed E-state index contributed by atoms with van der Waals surface area (Å²) in [4.78, 5) is 11.3. The molecule has 0 N–H and O–H groups in total. The number of carbonyl (C=O) groups excluding carboxylic acids is 1. The Kier molecular flexibility index (Phi) is 4.09. The quantitative estimate of drug-likeness (QED) is 0.356. The number of rotatable bonds is 3. The third kappa shape index (κ3) is 2.95. The highest BCUT2D eigenvalue weighted by molar-refractivity contribution is 5.90. The molecular formula is C11H10F4O2. The monoisotopic (exact) mass is 250 g/mol. The maximum Gasteiger partial charge on any atom is 0.344 e. The number of hydrogen-bond donors (Lipinski definition) is 0. The minimum absolute atomic E-state index is 0.0460. The summed E-state index contributed by atoms with van der Waals surface area (Å²) in [5, 5.41) is 0. The van der Waals surface area contributed by atoms with Crippen molar-refractivity contribution < 1.29 is 27.1 Å². The molecule has 94 valence electrons. The maximum atomic E-state index is 13.1. The third-order valence-electron chi connectivity index (χ3n) is 1.87. The molecule has 0 fully saturated rings. The number of halogens is 4. The Morgan fingerprint density at radius 2 is 1.76 bits per heavy atom. The van der Waals surface area contributed by atoms with Crippen LogP contribution < -0.4 is 0 Å². The van der Waals surface area contributed by atoms with Gasteiger partial charge in [-0.15, -0.1) is 0 Å². The van der Waals surface area contributed by atoms with Gasteiger partial charge in [0, 0.05) is 6.07 Å². The normalized spacial score (nSPS) is 10.8. The lowest BCUT2D eigenvalue weighted by molar-refractivity contribution is 0.0446. The number of esters is 1. The van der Waals surface area contributed by atoms with E-state index in [0.717, 1.165) is 0 Å². The zero-order chi connectivity index (χ0) is 13.2. The molecule has 0 atom stereocenters. The molecule has 0 spiro atoms. The van der Waals surface area contributed by atoms with Crippen LogP contribution in [-0.2, 0) is 4.74 Å². The molecule has 0 saturated carbocycles. The van der Waals surface area contributed by atoms with E-state index >= 15 is 0 Å². The highest BCUT2D eigenvalue weighted by Gasteiger charge is 2.25. The lowest BCUT2D eigenvalue weighted by Crippen LogP contribution is -2.15. The van der Waals surface area contributed by atoms with Gasteiger partial charge in [-0.05, 0) is 5.92 Å². The van der Waals surface area contributed by atoms with E-state index in [0.29, 0.717) is 0 Å². The second kappa shape index (κ2) is 5.16. The van der Waals surface area contributed by atoms with E-state index < -0.39 is 34.8 Å². The summed E-state index contributed by atoms with van der Waals surface area (Å²) in [6, 6.07) is 0.102. The van der Waals surface area contributed by atoms with Gasteiger partial charge < -0.3 is 4.74 Å². The van der Waals surface area contributed by atoms with Crippen molar-refractivity contribution in [2.75, 3.05) is 6.61 Å². The zero-order valence-corrected chi connectivity index (χ0v) is 9.19. The van der Waals surface area contributed by atoms with Crippen LogP contribution in [0.4, 0.5) is 17.6 Å². The Morgan fingerprint density at radius 3 is 2.29 bits per heavy atom. The number of hydrogen-bond acceptors (Lipinski definition) is 2. The summed E-state index contributed by atoms with van der Waals surface area (Å²) in [6.45, 7) is 3.35. The van der Waals surface area contributed by atoms with E-state index in [1.54, 1.807) is 13.8 Å². The molecule has 1 aromatic carbocycles. The fourth-order valence-electron chi connectivity index (χ4n) is 1.07. The summed E-state index contributed by atoms with van der Waals surface area (Å²) < 4.78 is 56.2. The molecule has 0 saturated heterocycles. The van der Waals surface area contributed by atoms with Gasteiger partial charge in [0.25, 0.3) is 0 Å². The fraction of sp³-hybridized carbons (Fsp3) is 0.364. The van der Waals surface area contributed by atoms with E-state index in [-0.39, 0.29) is 18.6 Å². The molecule has 2 nitrogen and oxygen atoms in total. The first kappa shape index (κ1) is 13.5. The fourth-order valence-corrected chi connectivity index (χ4v) is 1.07. The van der Waals surface area contributed by atoms with E-state index in [4.69, 9.17) is 0 Å². The van der Waals surface area contributed by atoms with Gasteiger partial charge >= 0.3 is 5.97 Å². The summed E-state index contributed by atoms with van der Waals surface area (Å²) in [6.07, 6.45) is 0. The Bertz CT molecular complexity index is 444. The summed E-state index contributed by atoms with van der Waals surface area (Å²) in [5.41, 5.74) is -1.22. The molecule has 0 bridgehead atoms. The van der Waals surface area contributed by atoms with E-state index in [1.807, 2.05) is 0 Å². The van der Waals surface area contributed by atoms with Crippen molar-refractivity contribution in [3.8, 4) is 0 Å². The number of ether oxygens (including phenoxy) is 1. The molecular weight excluding hydrogens is 240 g/mol. The number of carbonyl (C=O) groups is 1. The van der Waals surface area contributed by atoms with Gasteiger partial charge in [0.2, 0.25) is 0 Å². The molecule has 0 aromatic heterocycles. The van der Waals surface area contributed by atoms with Crippen LogP contribution in [0, 0.1) is 29.2 Å². The van der Waals surface area contributed by atoms with Crippen LogP contribution in [0.3, 0.4) is 0 Å². The Labute approximate surface area is 95.2 Å². The Balaban J connectivity index is 3.06. The lowest BCUT2D eigenvalue weighted by atomic mass is 10.2. The molecule has 17 heavy (non-hydrogen) atoms. The van der Waals surface area contributed by atoms with Gasteiger partial charge in [-0.2, -0.15) is 0 Å². The van der Waals surface area contributed by atoms with Crippen molar-refractivity contribution in [2.45, 2.75) is 13.8 Å². The first-order valence-electron chi connectivity index (χ1n) is 4.84. The van der Waals surface area contributed by atoms with Crippen LogP contribution in [0.15, 0.2) is 6.07 Å². The summed E-state index contributed by atoms with van der Waals surface area (Å²) in [5.74, 6) is -8.36. The van der Waals surface area contributed by atoms with Gasteiger partial charge in [0.05, 0.1) is 6.61 Å². The molecule has 1 aromatic rings. The number of benzene rings is 1. The molecule has 0 amide bonds. The van der Waals surface area contributed by atoms with Gasteiger partial charge in [0.1, 0.15) is 11.4 Å². The molecule has 1 rings (SSSR count). The standard InChI is InChI=1S/C11H10F4O2/c1-5(2)4-17-11(16)8-6(12)3-7(13)9(14)10(8)15/h3,5H,4H2,1-2H3. The molecule has 0 aliphatic carbocycles. The SMILES string of the molecule is CC(C)COC(=O)c1c(F)cc(F)c(F)c1F. The third-order valence-corrected chi connectivity index (χ3v) is 1.87. The predicted octanol–water partition coefficient (Wildman–Crippen LogP) is 3.06. The van der Waals surface area contributed by atoms with Crippen molar-refractivity contribution in [3.63, 3.8) is 0 Å². The smallest absolute Gasteiger partial charge is 0.344 e. The second-order valence-electron chi connectivity index (χ2n) is 3.84. The molecule has 0 aliphatic heterocycles. The molecule has 6 heteroatoms. The van der Waals surface area contributed by atoms with Crippen molar-refractivity contribution in [3.05, 3.63) is 34.9 Å². The van der Waals surface area contributed by atoms with E-state index in [9.17, 15) is 22.4 Å². The van der Waals surface area contributed by atoms with Crippen LogP contribution >= 0.6 is 0 Å². The van der Waals surface area contributed by atoms with Gasteiger partial charge in [0.15, 0.2) is 17.5 Å². The van der Waals surface area contributed by atoms with E-state index in [2.05, 4.69) is 4.74 Å². The minimum atomic E-state index is -1.90. The molecule has 0 heterocycles. The Morgan fingerprint density at radius 1 is 1.18 bits per heavy atom. The highest BCUT2D eigenvalue weighted by Crippen LogP contribution is 2.20. The van der Waals surface area contributed by atoms with E-state index in [1.165, 1.54) is 0 Å². The average molecular weight is 250 g/mol. The highest BCUT2D eigenvalue weighted by atomic mass is 19.2. The van der Waals surface area contributed by atoms with Gasteiger partial charge in [-0.3, -0.25) is 0 Å². The first-order valence-corrected chi connectivity index (χ1v) is 4.84. The maximum absolute atomic E-state index is 13.1. The zero-order valence-electron chi connectivity index (χ0n) is 9.19. The van der Waals surface area contributed by atoms with Crippen LogP contribution in [-0.4, -0.2) is 12.6 Å². The first-order chi connectivity index (χ1) is 7.84. The van der Waals surface area contributed by atoms with Crippen molar-refractivity contribution in [1.29, 1.82) is 0 Å². The van der Waals surface area contributed by atoms with Gasteiger partial charge in [-0.1, -0.05) is 13.8 Å². The average Bonchev–Trinajstić information content (AvgIpc) is 2.23. The van der Waals surface area contributed by atoms with Gasteiger partial charge in [-0.25, -0.2) is 22.4 Å². The Hall–Kier alpha value is -1.59. The van der Waals surface area contributed by atoms with Crippen molar-refractivity contribution >= 4 is 5.97 Å². The van der Waals surface area contributed by atoms with Crippen molar-refractivity contribution in [2.24, 2.45) is 5.92 Å². The summed E-state index contributed by atoms with van der Waals surface area (Å²) in [7, 11) is 0. The summed E-state index contributed by atoms with van der Waals surface area (Å²) >= 11 is 0. The lowest BCUT2D eigenvalue weighted by Gasteiger charge is -2.09. The molecule has 0 unspecified atom stereocenters. The minimum Gasteiger partial charge on any atom is -0.462 e. The predicted molar refractivity (Wildman–Crippen MR) is 51.4 cm³/mol.